The molecule has 2 fully saturated rings. The average Bonchev–Trinajstić information content (AvgIpc) is 3.27. The number of rotatable bonds is 8. The van der Waals surface area contributed by atoms with Gasteiger partial charge in [0.15, 0.2) is 0 Å². The Morgan fingerprint density at radius 3 is 2.49 bits per heavy atom. The molecule has 1 saturated carbocycles. The summed E-state index contributed by atoms with van der Waals surface area (Å²) in [7, 11) is 0. The largest absolute Gasteiger partial charge is 0.446 e. The smallest absolute Gasteiger partial charge is 0.417 e. The summed E-state index contributed by atoms with van der Waals surface area (Å²) >= 11 is 6.13. The van der Waals surface area contributed by atoms with Gasteiger partial charge in [0.2, 0.25) is 5.91 Å². The lowest BCUT2D eigenvalue weighted by Gasteiger charge is -2.37. The van der Waals surface area contributed by atoms with Crippen LogP contribution in [0.25, 0.3) is 10.4 Å². The Kier molecular flexibility index (Phi) is 8.29. The van der Waals surface area contributed by atoms with Crippen molar-refractivity contribution in [1.29, 1.82) is 0 Å². The van der Waals surface area contributed by atoms with Crippen LogP contribution in [0, 0.1) is 5.92 Å². The molecule has 2 amide bonds. The van der Waals surface area contributed by atoms with E-state index in [1.54, 1.807) is 12.1 Å². The number of hydrogen-bond acceptors (Lipinski definition) is 5. The van der Waals surface area contributed by atoms with Crippen LogP contribution in [0.5, 0.6) is 0 Å². The van der Waals surface area contributed by atoms with E-state index in [4.69, 9.17) is 21.1 Å². The first kappa shape index (κ1) is 25.0. The van der Waals surface area contributed by atoms with E-state index in [1.165, 1.54) is 0 Å². The van der Waals surface area contributed by atoms with E-state index >= 15 is 0 Å². The first-order chi connectivity index (χ1) is 17.0. The van der Waals surface area contributed by atoms with Crippen LogP contribution >= 0.6 is 11.6 Å². The molecule has 0 bridgehead atoms. The van der Waals surface area contributed by atoms with Crippen molar-refractivity contribution >= 4 is 23.6 Å². The van der Waals surface area contributed by atoms with Crippen molar-refractivity contribution in [3.63, 3.8) is 0 Å². The minimum absolute atomic E-state index is 0.0582. The number of cyclic esters (lactones) is 1. The summed E-state index contributed by atoms with van der Waals surface area (Å²) in [5.74, 6) is -0.893. The Hall–Kier alpha value is -3.06. The summed E-state index contributed by atoms with van der Waals surface area (Å²) in [6.07, 6.45) is 2.81. The first-order valence-electron chi connectivity index (χ1n) is 12.0. The molecule has 2 aromatic rings. The predicted molar refractivity (Wildman–Crippen MR) is 132 cm³/mol. The van der Waals surface area contributed by atoms with Gasteiger partial charge >= 0.3 is 6.09 Å². The van der Waals surface area contributed by atoms with Gasteiger partial charge in [-0.3, -0.25) is 4.79 Å². The second kappa shape index (κ2) is 11.6. The standard InChI is InChI=1S/C26H29ClN4O4/c1-2-34-21-14-10-19(11-15-21)23(18-8-12-20(27)13-9-18)24(29-30-28)25(32)31-22(16-35-26(31)33)17-6-4-3-5-7-17/h3-9,12-13,19,21-24H,2,10-11,14-16H2,1H3/t19?,21?,22?,23-,24-/m0/s1. The molecule has 1 aliphatic carbocycles. The summed E-state index contributed by atoms with van der Waals surface area (Å²) in [6, 6.07) is 14.8. The van der Waals surface area contributed by atoms with Gasteiger partial charge in [0.25, 0.3) is 0 Å². The van der Waals surface area contributed by atoms with Crippen LogP contribution in [-0.2, 0) is 14.3 Å². The Bertz CT molecular complexity index is 1070. The third kappa shape index (κ3) is 5.61. The van der Waals surface area contributed by atoms with Crippen LogP contribution in [0.4, 0.5) is 4.79 Å². The van der Waals surface area contributed by atoms with Gasteiger partial charge in [0.05, 0.1) is 6.10 Å². The van der Waals surface area contributed by atoms with E-state index < -0.39 is 30.0 Å². The van der Waals surface area contributed by atoms with Crippen LogP contribution < -0.4 is 0 Å². The Morgan fingerprint density at radius 1 is 1.17 bits per heavy atom. The lowest BCUT2D eigenvalue weighted by Crippen LogP contribution is -2.45. The molecule has 8 nitrogen and oxygen atoms in total. The number of carbonyl (C=O) groups excluding carboxylic acids is 2. The van der Waals surface area contributed by atoms with Gasteiger partial charge in [-0.15, -0.1) is 0 Å². The SMILES string of the molecule is CCOC1CCC([C@H](c2ccc(Cl)cc2)[C@H](N=[N+]=[N-])C(=O)N2C(=O)OCC2c2ccccc2)CC1. The van der Waals surface area contributed by atoms with Crippen molar-refractivity contribution in [3.05, 3.63) is 81.2 Å². The summed E-state index contributed by atoms with van der Waals surface area (Å²) < 4.78 is 11.1. The lowest BCUT2D eigenvalue weighted by molar-refractivity contribution is -0.131. The molecule has 0 radical (unpaired) electrons. The van der Waals surface area contributed by atoms with Gasteiger partial charge in [-0.05, 0) is 67.3 Å². The second-order valence-electron chi connectivity index (χ2n) is 8.93. The fourth-order valence-electron chi connectivity index (χ4n) is 5.31. The molecule has 9 heteroatoms. The van der Waals surface area contributed by atoms with Crippen molar-refractivity contribution in [2.45, 2.75) is 56.7 Å². The van der Waals surface area contributed by atoms with Gasteiger partial charge in [-0.1, -0.05) is 59.2 Å². The summed E-state index contributed by atoms with van der Waals surface area (Å²) in [4.78, 5) is 30.8. The average molecular weight is 497 g/mol. The highest BCUT2D eigenvalue weighted by atomic mass is 35.5. The molecule has 2 aromatic carbocycles. The molecule has 4 rings (SSSR count). The van der Waals surface area contributed by atoms with Crippen LogP contribution in [0.15, 0.2) is 59.7 Å². The van der Waals surface area contributed by atoms with Gasteiger partial charge in [-0.2, -0.15) is 0 Å². The fourth-order valence-corrected chi connectivity index (χ4v) is 5.43. The van der Waals surface area contributed by atoms with Gasteiger partial charge in [-0.25, -0.2) is 9.69 Å². The Morgan fingerprint density at radius 2 is 1.86 bits per heavy atom. The molecule has 2 aliphatic rings. The lowest BCUT2D eigenvalue weighted by atomic mass is 9.72. The van der Waals surface area contributed by atoms with Crippen molar-refractivity contribution in [1.82, 2.24) is 4.90 Å². The molecule has 0 spiro atoms. The monoisotopic (exact) mass is 496 g/mol. The van der Waals surface area contributed by atoms with E-state index in [2.05, 4.69) is 10.0 Å². The predicted octanol–water partition coefficient (Wildman–Crippen LogP) is 6.42. The summed E-state index contributed by atoms with van der Waals surface area (Å²) in [6.45, 7) is 2.70. The number of ether oxygens (including phenoxy) is 2. The maximum absolute atomic E-state index is 13.9. The first-order valence-corrected chi connectivity index (χ1v) is 12.4. The molecule has 1 aliphatic heterocycles. The topological polar surface area (TPSA) is 105 Å². The van der Waals surface area contributed by atoms with Crippen LogP contribution in [0.3, 0.4) is 0 Å². The fraction of sp³-hybridized carbons (Fsp3) is 0.462. The zero-order valence-corrected chi connectivity index (χ0v) is 20.4. The molecule has 184 valence electrons. The van der Waals surface area contributed by atoms with Crippen LogP contribution in [0.2, 0.25) is 5.02 Å². The van der Waals surface area contributed by atoms with Gasteiger partial charge in [0.1, 0.15) is 18.7 Å². The summed E-state index contributed by atoms with van der Waals surface area (Å²) in [5, 5.41) is 4.55. The van der Waals surface area contributed by atoms with Gasteiger partial charge in [0, 0.05) is 22.5 Å². The highest BCUT2D eigenvalue weighted by Gasteiger charge is 2.45. The highest BCUT2D eigenvalue weighted by molar-refractivity contribution is 6.30. The third-order valence-corrected chi connectivity index (χ3v) is 7.20. The molecular formula is C26H29ClN4O4. The van der Waals surface area contributed by atoms with Crippen molar-refractivity contribution in [3.8, 4) is 0 Å². The molecule has 1 saturated heterocycles. The number of nitrogens with zero attached hydrogens (tertiary/aromatic N) is 4. The van der Waals surface area contributed by atoms with E-state index in [1.807, 2.05) is 49.4 Å². The van der Waals surface area contributed by atoms with Crippen LogP contribution in [0.1, 0.15) is 55.7 Å². The van der Waals surface area contributed by atoms with Crippen molar-refractivity contribution < 1.29 is 19.1 Å². The van der Waals surface area contributed by atoms with Crippen LogP contribution in [-0.4, -0.2) is 42.3 Å². The van der Waals surface area contributed by atoms with E-state index in [0.717, 1.165) is 41.7 Å². The zero-order chi connectivity index (χ0) is 24.8. The molecule has 0 aromatic heterocycles. The van der Waals surface area contributed by atoms with Crippen molar-refractivity contribution in [2.24, 2.45) is 11.0 Å². The number of hydrogen-bond donors (Lipinski definition) is 0. The maximum atomic E-state index is 13.9. The minimum atomic E-state index is -1.10. The molecular weight excluding hydrogens is 468 g/mol. The zero-order valence-electron chi connectivity index (χ0n) is 19.6. The second-order valence-corrected chi connectivity index (χ2v) is 9.37. The van der Waals surface area contributed by atoms with E-state index in [9.17, 15) is 15.1 Å². The number of imide groups is 1. The number of amides is 2. The Labute approximate surface area is 209 Å². The molecule has 3 atom stereocenters. The quantitative estimate of drug-likeness (QED) is 0.239. The normalized spacial score (nSPS) is 23.8. The molecule has 35 heavy (non-hydrogen) atoms. The number of azide groups is 1. The van der Waals surface area contributed by atoms with E-state index in [-0.39, 0.29) is 18.6 Å². The Balaban J connectivity index is 1.69. The molecule has 0 N–H and O–H groups in total. The van der Waals surface area contributed by atoms with Crippen molar-refractivity contribution in [2.75, 3.05) is 13.2 Å². The molecule has 1 unspecified atom stereocenters. The number of halogens is 1. The molecule has 1 heterocycles. The summed E-state index contributed by atoms with van der Waals surface area (Å²) in [5.41, 5.74) is 11.1. The minimum Gasteiger partial charge on any atom is -0.446 e. The third-order valence-electron chi connectivity index (χ3n) is 6.95. The highest BCUT2D eigenvalue weighted by Crippen LogP contribution is 2.42. The van der Waals surface area contributed by atoms with E-state index in [0.29, 0.717) is 11.6 Å². The van der Waals surface area contributed by atoms with Gasteiger partial charge < -0.3 is 9.47 Å². The number of benzene rings is 2. The maximum Gasteiger partial charge on any atom is 0.417 e. The number of carbonyl (C=O) groups is 2.